The Labute approximate surface area is 156 Å². The van der Waals surface area contributed by atoms with Gasteiger partial charge in [-0.05, 0) is 36.4 Å². The lowest BCUT2D eigenvalue weighted by molar-refractivity contribution is 0.0946. The highest BCUT2D eigenvalue weighted by Gasteiger charge is 2.20. The smallest absolute Gasteiger partial charge is 0.253 e. The topological polar surface area (TPSA) is 117 Å². The summed E-state index contributed by atoms with van der Waals surface area (Å²) in [5, 5.41) is 2.82. The number of anilines is 1. The molecule has 3 heterocycles. The Kier molecular flexibility index (Phi) is 4.15. The van der Waals surface area contributed by atoms with Gasteiger partial charge in [0.05, 0.1) is 23.2 Å². The molecule has 3 N–H and O–H groups in total. The molecule has 27 heavy (non-hydrogen) atoms. The van der Waals surface area contributed by atoms with E-state index in [-0.39, 0.29) is 5.91 Å². The molecule has 1 aromatic carbocycles. The lowest BCUT2D eigenvalue weighted by Crippen LogP contribution is -2.31. The van der Waals surface area contributed by atoms with Gasteiger partial charge in [0.15, 0.2) is 5.82 Å². The predicted molar refractivity (Wildman–Crippen MR) is 102 cm³/mol. The average Bonchev–Trinajstić information content (AvgIpc) is 3.07. The van der Waals surface area contributed by atoms with Gasteiger partial charge >= 0.3 is 0 Å². The summed E-state index contributed by atoms with van der Waals surface area (Å²) >= 11 is 0. The van der Waals surface area contributed by atoms with Crippen LogP contribution in [0.15, 0.2) is 42.6 Å². The number of nitrogens with one attached hydrogen (secondary N) is 3. The summed E-state index contributed by atoms with van der Waals surface area (Å²) in [4.78, 5) is 24.1. The molecular weight excluding hydrogens is 366 g/mol. The number of rotatable bonds is 4. The number of hydrogen-bond donors (Lipinski definition) is 3. The van der Waals surface area contributed by atoms with Gasteiger partial charge in [0.2, 0.25) is 10.0 Å². The number of sulfonamides is 1. The summed E-state index contributed by atoms with van der Waals surface area (Å²) in [7, 11) is -3.32. The first-order valence-corrected chi connectivity index (χ1v) is 10.2. The SMILES string of the molecule is CS(=O)(=O)Nc1ccc(-c2nccc(-c3cc4c([nH]3)CCNC4=O)n2)cc1. The molecule has 0 radical (unpaired) electrons. The molecule has 0 saturated carbocycles. The number of aromatic amines is 1. The first-order valence-electron chi connectivity index (χ1n) is 8.31. The highest BCUT2D eigenvalue weighted by atomic mass is 32.2. The molecule has 0 aliphatic carbocycles. The molecule has 0 fully saturated rings. The van der Waals surface area contributed by atoms with E-state index in [1.165, 1.54) is 0 Å². The zero-order valence-corrected chi connectivity index (χ0v) is 15.3. The van der Waals surface area contributed by atoms with E-state index in [2.05, 4.69) is 25.0 Å². The Bertz CT molecular complexity index is 1120. The maximum absolute atomic E-state index is 11.9. The van der Waals surface area contributed by atoms with Crippen molar-refractivity contribution in [3.63, 3.8) is 0 Å². The van der Waals surface area contributed by atoms with Gasteiger partial charge in [0.1, 0.15) is 0 Å². The van der Waals surface area contributed by atoms with Crippen molar-refractivity contribution >= 4 is 21.6 Å². The van der Waals surface area contributed by atoms with E-state index in [0.29, 0.717) is 29.3 Å². The Balaban J connectivity index is 1.64. The van der Waals surface area contributed by atoms with E-state index in [1.807, 2.05) is 0 Å². The van der Waals surface area contributed by atoms with Crippen LogP contribution in [-0.2, 0) is 16.4 Å². The van der Waals surface area contributed by atoms with Crippen LogP contribution < -0.4 is 10.0 Å². The zero-order chi connectivity index (χ0) is 19.0. The number of fused-ring (bicyclic) bond motifs is 1. The van der Waals surface area contributed by atoms with Crippen LogP contribution in [-0.4, -0.2) is 42.1 Å². The van der Waals surface area contributed by atoms with Gasteiger partial charge in [-0.25, -0.2) is 18.4 Å². The van der Waals surface area contributed by atoms with Gasteiger partial charge in [-0.2, -0.15) is 0 Å². The number of carbonyl (C=O) groups is 1. The molecule has 4 rings (SSSR count). The molecule has 138 valence electrons. The molecule has 1 aliphatic rings. The maximum atomic E-state index is 11.9. The van der Waals surface area contributed by atoms with Gasteiger partial charge in [-0.15, -0.1) is 0 Å². The number of hydrogen-bond acceptors (Lipinski definition) is 5. The molecule has 0 unspecified atom stereocenters. The van der Waals surface area contributed by atoms with Crippen molar-refractivity contribution in [2.75, 3.05) is 17.5 Å². The minimum absolute atomic E-state index is 0.0815. The number of benzene rings is 1. The van der Waals surface area contributed by atoms with Gasteiger partial charge < -0.3 is 10.3 Å². The van der Waals surface area contributed by atoms with Crippen molar-refractivity contribution in [1.82, 2.24) is 20.3 Å². The first kappa shape index (κ1) is 17.2. The third-order valence-corrected chi connectivity index (χ3v) is 4.79. The van der Waals surface area contributed by atoms with Crippen LogP contribution >= 0.6 is 0 Å². The average molecular weight is 383 g/mol. The largest absolute Gasteiger partial charge is 0.356 e. The van der Waals surface area contributed by atoms with Gasteiger partial charge in [0, 0.05) is 36.1 Å². The van der Waals surface area contributed by atoms with E-state index < -0.39 is 10.0 Å². The molecule has 8 nitrogen and oxygen atoms in total. The Morgan fingerprint density at radius 1 is 1.15 bits per heavy atom. The number of aromatic nitrogens is 3. The maximum Gasteiger partial charge on any atom is 0.253 e. The fourth-order valence-electron chi connectivity index (χ4n) is 2.98. The van der Waals surface area contributed by atoms with Crippen molar-refractivity contribution in [2.24, 2.45) is 0 Å². The van der Waals surface area contributed by atoms with Crippen molar-refractivity contribution in [2.45, 2.75) is 6.42 Å². The van der Waals surface area contributed by atoms with E-state index >= 15 is 0 Å². The molecule has 0 bridgehead atoms. The predicted octanol–water partition coefficient (Wildman–Crippen LogP) is 1.80. The van der Waals surface area contributed by atoms with Gasteiger partial charge in [-0.3, -0.25) is 9.52 Å². The Hall–Kier alpha value is -3.20. The summed E-state index contributed by atoms with van der Waals surface area (Å²) in [5.74, 6) is 0.428. The third kappa shape index (κ3) is 3.68. The second-order valence-electron chi connectivity index (χ2n) is 6.30. The van der Waals surface area contributed by atoms with E-state index in [1.54, 1.807) is 42.6 Å². The first-order chi connectivity index (χ1) is 12.9. The highest BCUT2D eigenvalue weighted by Crippen LogP contribution is 2.25. The monoisotopic (exact) mass is 383 g/mol. The summed E-state index contributed by atoms with van der Waals surface area (Å²) in [6.07, 6.45) is 3.51. The quantitative estimate of drug-likeness (QED) is 0.635. The molecule has 0 saturated heterocycles. The zero-order valence-electron chi connectivity index (χ0n) is 14.5. The van der Waals surface area contributed by atoms with Crippen LogP contribution in [0.3, 0.4) is 0 Å². The van der Waals surface area contributed by atoms with E-state index in [9.17, 15) is 13.2 Å². The molecule has 3 aromatic rings. The number of H-pyrrole nitrogens is 1. The Morgan fingerprint density at radius 3 is 2.63 bits per heavy atom. The summed E-state index contributed by atoms with van der Waals surface area (Å²) < 4.78 is 25.0. The lowest BCUT2D eigenvalue weighted by atomic mass is 10.1. The van der Waals surface area contributed by atoms with E-state index in [0.717, 1.165) is 29.6 Å². The van der Waals surface area contributed by atoms with Crippen molar-refractivity contribution in [3.05, 3.63) is 53.9 Å². The van der Waals surface area contributed by atoms with Crippen LogP contribution in [0, 0.1) is 0 Å². The minimum Gasteiger partial charge on any atom is -0.356 e. The molecule has 9 heteroatoms. The molecule has 2 aromatic heterocycles. The second kappa shape index (κ2) is 6.51. The van der Waals surface area contributed by atoms with Crippen LogP contribution in [0.5, 0.6) is 0 Å². The molecule has 1 amide bonds. The standard InChI is InChI=1S/C18H17N5O3S/c1-27(25,26)23-12-4-2-11(3-5-12)17-19-8-7-15(22-17)16-10-13-14(21-16)6-9-20-18(13)24/h2-5,7-8,10,21,23H,6,9H2,1H3,(H,20,24). The lowest BCUT2D eigenvalue weighted by Gasteiger charge is -2.10. The summed E-state index contributed by atoms with van der Waals surface area (Å²) in [5.41, 5.74) is 4.22. The van der Waals surface area contributed by atoms with Crippen LogP contribution in [0.4, 0.5) is 5.69 Å². The van der Waals surface area contributed by atoms with Crippen molar-refractivity contribution in [3.8, 4) is 22.8 Å². The van der Waals surface area contributed by atoms with Gasteiger partial charge in [0.25, 0.3) is 5.91 Å². The number of carbonyl (C=O) groups excluding carboxylic acids is 1. The number of nitrogens with zero attached hydrogens (tertiary/aromatic N) is 2. The van der Waals surface area contributed by atoms with E-state index in [4.69, 9.17) is 0 Å². The van der Waals surface area contributed by atoms with Crippen molar-refractivity contribution in [1.29, 1.82) is 0 Å². The molecule has 1 aliphatic heterocycles. The Morgan fingerprint density at radius 2 is 1.93 bits per heavy atom. The summed E-state index contributed by atoms with van der Waals surface area (Å²) in [6, 6.07) is 10.4. The third-order valence-electron chi connectivity index (χ3n) is 4.18. The van der Waals surface area contributed by atoms with Crippen LogP contribution in [0.2, 0.25) is 0 Å². The molecule has 0 atom stereocenters. The highest BCUT2D eigenvalue weighted by molar-refractivity contribution is 7.92. The molecule has 0 spiro atoms. The van der Waals surface area contributed by atoms with Gasteiger partial charge in [-0.1, -0.05) is 0 Å². The van der Waals surface area contributed by atoms with Crippen LogP contribution in [0.1, 0.15) is 16.1 Å². The minimum atomic E-state index is -3.32. The van der Waals surface area contributed by atoms with Crippen molar-refractivity contribution < 1.29 is 13.2 Å². The fraction of sp³-hybridized carbons (Fsp3) is 0.167. The second-order valence-corrected chi connectivity index (χ2v) is 8.05. The fourth-order valence-corrected chi connectivity index (χ4v) is 3.54. The number of amides is 1. The van der Waals surface area contributed by atoms with Crippen LogP contribution in [0.25, 0.3) is 22.8 Å². The summed E-state index contributed by atoms with van der Waals surface area (Å²) in [6.45, 7) is 0.620. The molecular formula is C18H17N5O3S. The normalized spacial score (nSPS) is 13.7.